The monoisotopic (exact) mass is 353 g/mol. The smallest absolute Gasteiger partial charge is 0.261 e. The first-order chi connectivity index (χ1) is 11.8. The largest absolute Gasteiger partial charge is 0.404 e. The highest BCUT2D eigenvalue weighted by Gasteiger charge is 2.52. The molecule has 1 aliphatic rings. The third kappa shape index (κ3) is 3.46. The van der Waals surface area contributed by atoms with E-state index in [1.54, 1.807) is 0 Å². The summed E-state index contributed by atoms with van der Waals surface area (Å²) >= 11 is 0. The summed E-state index contributed by atoms with van der Waals surface area (Å²) in [6, 6.07) is 22.0. The second-order valence-electron chi connectivity index (χ2n) is 8.52. The summed E-state index contributed by atoms with van der Waals surface area (Å²) in [4.78, 5) is 0. The van der Waals surface area contributed by atoms with Crippen LogP contribution in [0.25, 0.3) is 0 Å². The highest BCUT2D eigenvalue weighted by molar-refractivity contribution is 6.99. The SMILES string of the molecule is CC1CC(O[Si](c2ccccc2)(c2ccccc2)C(C)(C)C)CC1N. The summed E-state index contributed by atoms with van der Waals surface area (Å²) < 4.78 is 7.14. The molecule has 1 aliphatic carbocycles. The minimum Gasteiger partial charge on any atom is -0.404 e. The maximum absolute atomic E-state index is 7.14. The molecule has 3 atom stereocenters. The highest BCUT2D eigenvalue weighted by atomic mass is 28.4. The van der Waals surface area contributed by atoms with Crippen LogP contribution in [0, 0.1) is 5.92 Å². The Morgan fingerprint density at radius 1 is 0.880 bits per heavy atom. The van der Waals surface area contributed by atoms with Gasteiger partial charge in [-0.25, -0.2) is 0 Å². The fourth-order valence-electron chi connectivity index (χ4n) is 4.26. The Bertz CT molecular complexity index is 631. The molecule has 2 aromatic rings. The summed E-state index contributed by atoms with van der Waals surface area (Å²) in [6.07, 6.45) is 2.27. The third-order valence-corrected chi connectivity index (χ3v) is 10.8. The minimum atomic E-state index is -2.43. The van der Waals surface area contributed by atoms with Crippen molar-refractivity contribution >= 4 is 18.7 Å². The zero-order valence-electron chi connectivity index (χ0n) is 15.9. The van der Waals surface area contributed by atoms with Crippen molar-refractivity contribution in [1.29, 1.82) is 0 Å². The summed E-state index contributed by atoms with van der Waals surface area (Å²) in [5.74, 6) is 0.531. The normalized spacial score (nSPS) is 24.4. The van der Waals surface area contributed by atoms with E-state index in [1.165, 1.54) is 10.4 Å². The minimum absolute atomic E-state index is 0.0334. The van der Waals surface area contributed by atoms with Crippen LogP contribution >= 0.6 is 0 Å². The van der Waals surface area contributed by atoms with Crippen molar-refractivity contribution in [2.45, 2.75) is 57.7 Å². The van der Waals surface area contributed by atoms with Gasteiger partial charge in [-0.05, 0) is 34.2 Å². The van der Waals surface area contributed by atoms with E-state index >= 15 is 0 Å². The van der Waals surface area contributed by atoms with E-state index in [9.17, 15) is 0 Å². The standard InChI is InChI=1S/C22H31NOSi/c1-17-15-18(16-21(17)23)24-25(22(2,3)4,19-11-7-5-8-12-19)20-13-9-6-10-14-20/h5-14,17-18,21H,15-16,23H2,1-4H3. The number of nitrogens with two attached hydrogens (primary N) is 1. The lowest BCUT2D eigenvalue weighted by Gasteiger charge is -2.44. The molecule has 0 heterocycles. The number of hydrogen-bond acceptors (Lipinski definition) is 2. The summed E-state index contributed by atoms with van der Waals surface area (Å²) in [6.45, 7) is 9.24. The van der Waals surface area contributed by atoms with Crippen molar-refractivity contribution in [3.63, 3.8) is 0 Å². The molecule has 0 radical (unpaired) electrons. The van der Waals surface area contributed by atoms with Crippen LogP contribution < -0.4 is 16.1 Å². The lowest BCUT2D eigenvalue weighted by molar-refractivity contribution is 0.190. The van der Waals surface area contributed by atoms with E-state index in [2.05, 4.69) is 88.4 Å². The first-order valence-electron chi connectivity index (χ1n) is 9.39. The van der Waals surface area contributed by atoms with Crippen LogP contribution in [0.3, 0.4) is 0 Å². The van der Waals surface area contributed by atoms with Crippen molar-refractivity contribution in [2.75, 3.05) is 0 Å². The molecule has 0 amide bonds. The number of benzene rings is 2. The van der Waals surface area contributed by atoms with Crippen molar-refractivity contribution < 1.29 is 4.43 Å². The Hall–Kier alpha value is -1.42. The van der Waals surface area contributed by atoms with Crippen LogP contribution in [-0.4, -0.2) is 20.5 Å². The van der Waals surface area contributed by atoms with Gasteiger partial charge < -0.3 is 10.2 Å². The fraction of sp³-hybridized carbons (Fsp3) is 0.455. The van der Waals surface area contributed by atoms with Gasteiger partial charge in [0, 0.05) is 12.1 Å². The maximum atomic E-state index is 7.14. The average molecular weight is 354 g/mol. The molecule has 0 bridgehead atoms. The first-order valence-corrected chi connectivity index (χ1v) is 11.3. The fourth-order valence-corrected chi connectivity index (χ4v) is 8.97. The van der Waals surface area contributed by atoms with Crippen molar-refractivity contribution in [3.05, 3.63) is 60.7 Å². The van der Waals surface area contributed by atoms with E-state index in [1.807, 2.05) is 0 Å². The molecular weight excluding hydrogens is 322 g/mol. The van der Waals surface area contributed by atoms with Gasteiger partial charge in [0.05, 0.1) is 0 Å². The van der Waals surface area contributed by atoms with Gasteiger partial charge in [-0.3, -0.25) is 0 Å². The molecule has 3 heteroatoms. The van der Waals surface area contributed by atoms with Crippen molar-refractivity contribution in [1.82, 2.24) is 0 Å². The van der Waals surface area contributed by atoms with Gasteiger partial charge in [0.2, 0.25) is 0 Å². The molecule has 134 valence electrons. The molecular formula is C22H31NOSi. The molecule has 1 saturated carbocycles. The molecule has 2 N–H and O–H groups in total. The van der Waals surface area contributed by atoms with E-state index in [0.717, 1.165) is 12.8 Å². The van der Waals surface area contributed by atoms with Crippen LogP contribution in [0.4, 0.5) is 0 Å². The highest BCUT2D eigenvalue weighted by Crippen LogP contribution is 2.40. The van der Waals surface area contributed by atoms with Gasteiger partial charge in [0.25, 0.3) is 8.32 Å². The summed E-state index contributed by atoms with van der Waals surface area (Å²) in [7, 11) is -2.43. The first kappa shape index (κ1) is 18.4. The zero-order chi connectivity index (χ0) is 18.1. The van der Waals surface area contributed by atoms with Crippen LogP contribution in [0.2, 0.25) is 5.04 Å². The molecule has 1 fully saturated rings. The van der Waals surface area contributed by atoms with Crippen LogP contribution in [-0.2, 0) is 4.43 Å². The summed E-state index contributed by atoms with van der Waals surface area (Å²) in [5.41, 5.74) is 6.31. The molecule has 0 aliphatic heterocycles. The van der Waals surface area contributed by atoms with Gasteiger partial charge in [-0.1, -0.05) is 88.4 Å². The third-order valence-electron chi connectivity index (χ3n) is 5.66. The molecule has 25 heavy (non-hydrogen) atoms. The lowest BCUT2D eigenvalue weighted by Crippen LogP contribution is -2.67. The van der Waals surface area contributed by atoms with E-state index in [4.69, 9.17) is 10.2 Å². The molecule has 0 saturated heterocycles. The van der Waals surface area contributed by atoms with Gasteiger partial charge in [-0.2, -0.15) is 0 Å². The second-order valence-corrected chi connectivity index (χ2v) is 12.8. The molecule has 0 aromatic heterocycles. The molecule has 0 spiro atoms. The van der Waals surface area contributed by atoms with E-state index in [0.29, 0.717) is 5.92 Å². The second kappa shape index (κ2) is 7.06. The maximum Gasteiger partial charge on any atom is 0.261 e. The summed E-state index contributed by atoms with van der Waals surface area (Å²) in [5, 5.41) is 2.73. The Morgan fingerprint density at radius 3 is 1.72 bits per heavy atom. The lowest BCUT2D eigenvalue weighted by atomic mass is 10.1. The van der Waals surface area contributed by atoms with Gasteiger partial charge in [-0.15, -0.1) is 0 Å². The predicted octanol–water partition coefficient (Wildman–Crippen LogP) is 3.69. The molecule has 2 aromatic carbocycles. The Labute approximate surface area is 153 Å². The number of rotatable bonds is 4. The van der Waals surface area contributed by atoms with E-state index < -0.39 is 8.32 Å². The Morgan fingerprint density at radius 2 is 1.36 bits per heavy atom. The Kier molecular flexibility index (Phi) is 5.19. The van der Waals surface area contributed by atoms with Crippen LogP contribution in [0.15, 0.2) is 60.7 Å². The molecule has 3 unspecified atom stereocenters. The quantitative estimate of drug-likeness (QED) is 0.851. The van der Waals surface area contributed by atoms with Gasteiger partial charge >= 0.3 is 0 Å². The zero-order valence-corrected chi connectivity index (χ0v) is 16.9. The van der Waals surface area contributed by atoms with Gasteiger partial charge in [0.15, 0.2) is 0 Å². The average Bonchev–Trinajstić information content (AvgIpc) is 2.91. The van der Waals surface area contributed by atoms with Gasteiger partial charge in [0.1, 0.15) is 0 Å². The predicted molar refractivity (Wildman–Crippen MR) is 109 cm³/mol. The number of hydrogen-bond donors (Lipinski definition) is 1. The van der Waals surface area contributed by atoms with Crippen LogP contribution in [0.5, 0.6) is 0 Å². The van der Waals surface area contributed by atoms with E-state index in [-0.39, 0.29) is 17.2 Å². The van der Waals surface area contributed by atoms with Crippen molar-refractivity contribution in [3.8, 4) is 0 Å². The Balaban J connectivity index is 2.12. The molecule has 2 nitrogen and oxygen atoms in total. The molecule has 3 rings (SSSR count). The topological polar surface area (TPSA) is 35.2 Å². The van der Waals surface area contributed by atoms with Crippen LogP contribution in [0.1, 0.15) is 40.5 Å². The van der Waals surface area contributed by atoms with Crippen molar-refractivity contribution in [2.24, 2.45) is 11.7 Å².